The van der Waals surface area contributed by atoms with Gasteiger partial charge in [0.25, 0.3) is 0 Å². The minimum atomic E-state index is -0.658. The molecule has 0 aliphatic carbocycles. The van der Waals surface area contributed by atoms with Crippen LogP contribution < -0.4 is 0 Å². The van der Waals surface area contributed by atoms with E-state index >= 15 is 0 Å². The SMILES string of the molecule is [2H]C(C)(C)c1ccnc(-c2cccc3c2sc2ccc(-c4cccc(-c5ccccc5)c4)cc23)c1. The monoisotopic (exact) mass is 456 g/mol. The lowest BCUT2D eigenvalue weighted by atomic mass is 9.97. The number of aromatic nitrogens is 1. The van der Waals surface area contributed by atoms with E-state index in [1.807, 2.05) is 37.4 Å². The van der Waals surface area contributed by atoms with Crippen LogP contribution in [0.4, 0.5) is 0 Å². The third-order valence-electron chi connectivity index (χ3n) is 6.41. The maximum absolute atomic E-state index is 8.43. The molecule has 2 heterocycles. The zero-order chi connectivity index (χ0) is 24.0. The Labute approximate surface area is 205 Å². The lowest BCUT2D eigenvalue weighted by molar-refractivity contribution is 0.864. The van der Waals surface area contributed by atoms with Crippen molar-refractivity contribution < 1.29 is 1.37 Å². The molecule has 0 amide bonds. The van der Waals surface area contributed by atoms with Gasteiger partial charge in [-0.25, -0.2) is 0 Å². The van der Waals surface area contributed by atoms with Gasteiger partial charge < -0.3 is 0 Å². The number of hydrogen-bond acceptors (Lipinski definition) is 2. The summed E-state index contributed by atoms with van der Waals surface area (Å²) in [5.41, 5.74) is 7.92. The van der Waals surface area contributed by atoms with Crippen LogP contribution in [0.25, 0.3) is 53.7 Å². The van der Waals surface area contributed by atoms with Crippen LogP contribution in [-0.4, -0.2) is 4.98 Å². The van der Waals surface area contributed by atoms with E-state index in [9.17, 15) is 0 Å². The fraction of sp³-hybridized carbons (Fsp3) is 0.0938. The molecule has 0 unspecified atom stereocenters. The van der Waals surface area contributed by atoms with Gasteiger partial charge in [-0.1, -0.05) is 86.6 Å². The summed E-state index contributed by atoms with van der Waals surface area (Å²) in [5, 5.41) is 2.52. The molecule has 0 saturated carbocycles. The highest BCUT2D eigenvalue weighted by molar-refractivity contribution is 7.26. The van der Waals surface area contributed by atoms with E-state index in [1.54, 1.807) is 0 Å². The van der Waals surface area contributed by atoms with Gasteiger partial charge in [0.2, 0.25) is 0 Å². The van der Waals surface area contributed by atoms with Gasteiger partial charge in [-0.15, -0.1) is 11.3 Å². The zero-order valence-corrected chi connectivity index (χ0v) is 20.1. The van der Waals surface area contributed by atoms with Gasteiger partial charge in [-0.3, -0.25) is 4.98 Å². The van der Waals surface area contributed by atoms with Gasteiger partial charge in [0.15, 0.2) is 0 Å². The van der Waals surface area contributed by atoms with E-state index in [1.165, 1.54) is 42.4 Å². The van der Waals surface area contributed by atoms with Gasteiger partial charge in [-0.05, 0) is 64.0 Å². The number of fused-ring (bicyclic) bond motifs is 3. The molecule has 164 valence electrons. The summed E-state index contributed by atoms with van der Waals surface area (Å²) < 4.78 is 10.9. The van der Waals surface area contributed by atoms with Crippen LogP contribution in [0.2, 0.25) is 0 Å². The fourth-order valence-corrected chi connectivity index (χ4v) is 5.78. The van der Waals surface area contributed by atoms with Gasteiger partial charge in [0, 0.05) is 33.3 Å². The molecule has 1 nitrogen and oxygen atoms in total. The van der Waals surface area contributed by atoms with E-state index in [-0.39, 0.29) is 0 Å². The summed E-state index contributed by atoms with van der Waals surface area (Å²) in [6, 6.07) is 36.5. The van der Waals surface area contributed by atoms with E-state index < -0.39 is 5.89 Å². The molecule has 0 spiro atoms. The molecule has 6 rings (SSSR count). The van der Waals surface area contributed by atoms with Gasteiger partial charge in [0.1, 0.15) is 0 Å². The average Bonchev–Trinajstić information content (AvgIpc) is 3.27. The maximum atomic E-state index is 8.43. The smallest absolute Gasteiger partial charge is 0.0719 e. The summed E-state index contributed by atoms with van der Waals surface area (Å²) in [6.45, 7) is 3.83. The number of thiophene rings is 1. The fourth-order valence-electron chi connectivity index (χ4n) is 4.58. The molecule has 2 heteroatoms. The summed E-state index contributed by atoms with van der Waals surface area (Å²) in [6.07, 6.45) is 1.82. The van der Waals surface area contributed by atoms with Crippen LogP contribution in [0.5, 0.6) is 0 Å². The number of nitrogens with zero attached hydrogens (tertiary/aromatic N) is 1. The van der Waals surface area contributed by atoms with Crippen LogP contribution in [0.3, 0.4) is 0 Å². The topological polar surface area (TPSA) is 12.9 Å². The lowest BCUT2D eigenvalue weighted by Crippen LogP contribution is -1.90. The van der Waals surface area contributed by atoms with Crippen LogP contribution in [0, 0.1) is 0 Å². The van der Waals surface area contributed by atoms with Crippen molar-refractivity contribution in [3.63, 3.8) is 0 Å². The second kappa shape index (κ2) is 8.55. The Hall–Kier alpha value is -3.75. The molecule has 0 bridgehead atoms. The zero-order valence-electron chi connectivity index (χ0n) is 20.2. The Balaban J connectivity index is 1.48. The molecule has 0 N–H and O–H groups in total. The van der Waals surface area contributed by atoms with Crippen molar-refractivity contribution in [3.8, 4) is 33.5 Å². The third-order valence-corrected chi connectivity index (χ3v) is 7.63. The molecule has 6 aromatic rings. The van der Waals surface area contributed by atoms with Crippen molar-refractivity contribution >= 4 is 31.5 Å². The Morgan fingerprint density at radius 1 is 0.676 bits per heavy atom. The molecular formula is C32H25NS. The third kappa shape index (κ3) is 3.70. The lowest BCUT2D eigenvalue weighted by Gasteiger charge is -2.08. The summed E-state index contributed by atoms with van der Waals surface area (Å²) >= 11 is 1.81. The number of hydrogen-bond donors (Lipinski definition) is 0. The van der Waals surface area contributed by atoms with Crippen molar-refractivity contribution in [2.24, 2.45) is 0 Å². The van der Waals surface area contributed by atoms with Crippen molar-refractivity contribution in [3.05, 3.63) is 115 Å². The predicted octanol–water partition coefficient (Wildman–Crippen LogP) is 9.57. The van der Waals surface area contributed by atoms with Gasteiger partial charge >= 0.3 is 0 Å². The second-order valence-corrected chi connectivity index (χ2v) is 9.92. The highest BCUT2D eigenvalue weighted by Crippen LogP contribution is 2.41. The molecule has 0 radical (unpaired) electrons. The van der Waals surface area contributed by atoms with E-state index in [0.717, 1.165) is 16.8 Å². The quantitative estimate of drug-likeness (QED) is 0.257. The molecule has 0 aliphatic heterocycles. The van der Waals surface area contributed by atoms with Crippen molar-refractivity contribution in [2.45, 2.75) is 19.7 Å². The minimum absolute atomic E-state index is 0.658. The largest absolute Gasteiger partial charge is 0.256 e. The first-order valence-electron chi connectivity index (χ1n) is 12.1. The molecule has 34 heavy (non-hydrogen) atoms. The van der Waals surface area contributed by atoms with Gasteiger partial charge in [0.05, 0.1) is 5.69 Å². The van der Waals surface area contributed by atoms with Crippen LogP contribution in [0.1, 0.15) is 26.7 Å². The van der Waals surface area contributed by atoms with E-state index in [2.05, 4.69) is 102 Å². The Bertz CT molecular complexity index is 1680. The number of pyridine rings is 1. The van der Waals surface area contributed by atoms with Crippen molar-refractivity contribution in [2.75, 3.05) is 0 Å². The molecule has 4 aromatic carbocycles. The minimum Gasteiger partial charge on any atom is -0.256 e. The highest BCUT2D eigenvalue weighted by atomic mass is 32.1. The normalized spacial score (nSPS) is 12.2. The van der Waals surface area contributed by atoms with Crippen LogP contribution in [-0.2, 0) is 0 Å². The maximum Gasteiger partial charge on any atom is 0.0719 e. The number of benzene rings is 4. The average molecular weight is 457 g/mol. The van der Waals surface area contributed by atoms with Crippen LogP contribution >= 0.6 is 11.3 Å². The van der Waals surface area contributed by atoms with Crippen molar-refractivity contribution in [1.82, 2.24) is 4.98 Å². The first kappa shape index (κ1) is 19.7. The molecule has 0 saturated heterocycles. The first-order chi connectivity index (χ1) is 17.0. The Kier molecular flexibility index (Phi) is 4.95. The summed E-state index contributed by atoms with van der Waals surface area (Å²) in [5.74, 6) is -0.658. The molecule has 0 atom stereocenters. The first-order valence-corrected chi connectivity index (χ1v) is 12.4. The molecule has 0 fully saturated rings. The predicted molar refractivity (Wildman–Crippen MR) is 148 cm³/mol. The Morgan fingerprint density at radius 3 is 2.24 bits per heavy atom. The molecular weight excluding hydrogens is 430 g/mol. The van der Waals surface area contributed by atoms with E-state index in [4.69, 9.17) is 1.37 Å². The molecule has 2 aromatic heterocycles. The summed E-state index contributed by atoms with van der Waals surface area (Å²) in [4.78, 5) is 4.67. The van der Waals surface area contributed by atoms with Crippen molar-refractivity contribution in [1.29, 1.82) is 0 Å². The summed E-state index contributed by atoms with van der Waals surface area (Å²) in [7, 11) is 0. The Morgan fingerprint density at radius 2 is 1.41 bits per heavy atom. The van der Waals surface area contributed by atoms with Crippen LogP contribution in [0.15, 0.2) is 109 Å². The number of rotatable bonds is 4. The molecule has 0 aliphatic rings. The second-order valence-electron chi connectivity index (χ2n) is 8.87. The standard InChI is InChI=1S/C32H25NS/c1-21(2)23-16-17-33-30(20-23)28-13-7-12-27-29-19-26(14-15-31(29)34-32(27)28)25-11-6-10-24(18-25)22-8-4-3-5-9-22/h3-21H,1-2H3/i21D. The van der Waals surface area contributed by atoms with E-state index in [0.29, 0.717) is 0 Å². The highest BCUT2D eigenvalue weighted by Gasteiger charge is 2.13. The van der Waals surface area contributed by atoms with Gasteiger partial charge in [-0.2, -0.15) is 0 Å².